The van der Waals surface area contributed by atoms with Gasteiger partial charge in [0.1, 0.15) is 6.33 Å². The van der Waals surface area contributed by atoms with Crippen LogP contribution in [0.3, 0.4) is 0 Å². The second-order valence-corrected chi connectivity index (χ2v) is 7.06. The molecule has 1 aromatic carbocycles. The van der Waals surface area contributed by atoms with Gasteiger partial charge in [0.25, 0.3) is 0 Å². The van der Waals surface area contributed by atoms with Crippen molar-refractivity contribution in [1.29, 1.82) is 0 Å². The third-order valence-electron chi connectivity index (χ3n) is 4.13. The summed E-state index contributed by atoms with van der Waals surface area (Å²) < 4.78 is 1.98. The predicted octanol–water partition coefficient (Wildman–Crippen LogP) is 3.14. The number of thioether (sulfide) groups is 1. The maximum Gasteiger partial charge on any atom is 0.230 e. The van der Waals surface area contributed by atoms with Gasteiger partial charge in [-0.1, -0.05) is 36.0 Å². The standard InChI is InChI=1S/C17H22N4OS/c1-12(2)21-11-18-20-17(21)23-10-16(22)19-15-9-5-7-13-6-3-4-8-14(13)15/h3-4,6,8,11-12,15H,5,7,9-10H2,1-2H3,(H,19,22)/t15-/m0/s1. The Kier molecular flexibility index (Phi) is 5.00. The molecule has 1 amide bonds. The molecule has 1 aromatic heterocycles. The second kappa shape index (κ2) is 7.17. The molecule has 0 saturated heterocycles. The van der Waals surface area contributed by atoms with Gasteiger partial charge in [-0.15, -0.1) is 10.2 Å². The minimum Gasteiger partial charge on any atom is -0.349 e. The lowest BCUT2D eigenvalue weighted by Crippen LogP contribution is -2.32. The average molecular weight is 330 g/mol. The monoisotopic (exact) mass is 330 g/mol. The van der Waals surface area contributed by atoms with Crippen molar-refractivity contribution in [2.75, 3.05) is 5.75 Å². The lowest BCUT2D eigenvalue weighted by molar-refractivity contribution is -0.119. The number of aryl methyl sites for hydroxylation is 1. The molecular formula is C17H22N4OS. The number of aromatic nitrogens is 3. The van der Waals surface area contributed by atoms with Gasteiger partial charge < -0.3 is 9.88 Å². The topological polar surface area (TPSA) is 59.8 Å². The number of nitrogens with zero attached hydrogens (tertiary/aromatic N) is 3. The molecular weight excluding hydrogens is 308 g/mol. The SMILES string of the molecule is CC(C)n1cnnc1SCC(=O)N[C@H]1CCCc2ccccc21. The molecule has 1 atom stereocenters. The molecule has 0 radical (unpaired) electrons. The highest BCUT2D eigenvalue weighted by molar-refractivity contribution is 7.99. The molecule has 0 fully saturated rings. The first-order valence-corrected chi connectivity index (χ1v) is 9.03. The molecule has 1 heterocycles. The van der Waals surface area contributed by atoms with Crippen LogP contribution in [0.25, 0.3) is 0 Å². The van der Waals surface area contributed by atoms with Gasteiger partial charge in [0.15, 0.2) is 5.16 Å². The predicted molar refractivity (Wildman–Crippen MR) is 91.4 cm³/mol. The van der Waals surface area contributed by atoms with Crippen LogP contribution < -0.4 is 5.32 Å². The molecule has 23 heavy (non-hydrogen) atoms. The molecule has 6 heteroatoms. The second-order valence-electron chi connectivity index (χ2n) is 6.11. The minimum absolute atomic E-state index is 0.0509. The summed E-state index contributed by atoms with van der Waals surface area (Å²) in [4.78, 5) is 12.3. The summed E-state index contributed by atoms with van der Waals surface area (Å²) in [5.74, 6) is 0.416. The van der Waals surface area contributed by atoms with Crippen LogP contribution in [-0.4, -0.2) is 26.4 Å². The van der Waals surface area contributed by atoms with Crippen molar-refractivity contribution in [2.45, 2.75) is 50.4 Å². The van der Waals surface area contributed by atoms with Gasteiger partial charge in [-0.3, -0.25) is 4.79 Å². The summed E-state index contributed by atoms with van der Waals surface area (Å²) in [6.45, 7) is 4.15. The van der Waals surface area contributed by atoms with E-state index < -0.39 is 0 Å². The van der Waals surface area contributed by atoms with Crippen molar-refractivity contribution in [3.8, 4) is 0 Å². The van der Waals surface area contributed by atoms with Gasteiger partial charge in [0.2, 0.25) is 5.91 Å². The zero-order valence-corrected chi connectivity index (χ0v) is 14.3. The van der Waals surface area contributed by atoms with Crippen molar-refractivity contribution in [3.63, 3.8) is 0 Å². The highest BCUT2D eigenvalue weighted by atomic mass is 32.2. The Morgan fingerprint density at radius 1 is 1.43 bits per heavy atom. The van der Waals surface area contributed by atoms with E-state index in [1.165, 1.54) is 22.9 Å². The molecule has 1 N–H and O–H groups in total. The number of hydrogen-bond acceptors (Lipinski definition) is 4. The third-order valence-corrected chi connectivity index (χ3v) is 5.09. The lowest BCUT2D eigenvalue weighted by Gasteiger charge is -2.26. The molecule has 2 aromatic rings. The van der Waals surface area contributed by atoms with Crippen LogP contribution in [0.15, 0.2) is 35.7 Å². The summed E-state index contributed by atoms with van der Waals surface area (Å²) in [6.07, 6.45) is 4.95. The van der Waals surface area contributed by atoms with Crippen molar-refractivity contribution in [3.05, 3.63) is 41.7 Å². The summed E-state index contributed by atoms with van der Waals surface area (Å²) >= 11 is 1.44. The normalized spacial score (nSPS) is 17.1. The smallest absolute Gasteiger partial charge is 0.230 e. The number of hydrogen-bond donors (Lipinski definition) is 1. The molecule has 0 aliphatic heterocycles. The van der Waals surface area contributed by atoms with E-state index in [0.29, 0.717) is 11.8 Å². The Bertz CT molecular complexity index is 683. The summed E-state index contributed by atoms with van der Waals surface area (Å²) in [5.41, 5.74) is 2.62. The minimum atomic E-state index is 0.0509. The molecule has 0 saturated carbocycles. The molecule has 1 aliphatic rings. The Hall–Kier alpha value is -1.82. The van der Waals surface area contributed by atoms with Gasteiger partial charge in [0, 0.05) is 6.04 Å². The maximum atomic E-state index is 12.3. The molecule has 0 bridgehead atoms. The van der Waals surface area contributed by atoms with E-state index in [9.17, 15) is 4.79 Å². The molecule has 0 unspecified atom stereocenters. The van der Waals surface area contributed by atoms with E-state index in [4.69, 9.17) is 0 Å². The number of carbonyl (C=O) groups is 1. The number of nitrogens with one attached hydrogen (secondary N) is 1. The fraction of sp³-hybridized carbons (Fsp3) is 0.471. The van der Waals surface area contributed by atoms with E-state index in [0.717, 1.165) is 24.4 Å². The van der Waals surface area contributed by atoms with E-state index in [2.05, 4.69) is 47.6 Å². The Labute approximate surface area is 140 Å². The lowest BCUT2D eigenvalue weighted by atomic mass is 9.88. The van der Waals surface area contributed by atoms with Gasteiger partial charge in [-0.05, 0) is 44.2 Å². The molecule has 5 nitrogen and oxygen atoms in total. The summed E-state index contributed by atoms with van der Waals surface area (Å²) in [5, 5.41) is 12.0. The Morgan fingerprint density at radius 3 is 3.09 bits per heavy atom. The van der Waals surface area contributed by atoms with Gasteiger partial charge in [-0.25, -0.2) is 0 Å². The molecule has 3 rings (SSSR count). The zero-order chi connectivity index (χ0) is 16.2. The van der Waals surface area contributed by atoms with Crippen molar-refractivity contribution in [1.82, 2.24) is 20.1 Å². The highest BCUT2D eigenvalue weighted by Crippen LogP contribution is 2.29. The van der Waals surface area contributed by atoms with Gasteiger partial charge in [-0.2, -0.15) is 0 Å². The van der Waals surface area contributed by atoms with Crippen LogP contribution in [0, 0.1) is 0 Å². The van der Waals surface area contributed by atoms with Crippen LogP contribution in [0.5, 0.6) is 0 Å². The zero-order valence-electron chi connectivity index (χ0n) is 13.5. The first-order chi connectivity index (χ1) is 11.1. The molecule has 0 spiro atoms. The fourth-order valence-corrected chi connectivity index (χ4v) is 3.81. The van der Waals surface area contributed by atoms with Crippen LogP contribution in [0.4, 0.5) is 0 Å². The van der Waals surface area contributed by atoms with Crippen LogP contribution >= 0.6 is 11.8 Å². The number of rotatable bonds is 5. The van der Waals surface area contributed by atoms with E-state index in [-0.39, 0.29) is 11.9 Å². The first-order valence-electron chi connectivity index (χ1n) is 8.04. The largest absolute Gasteiger partial charge is 0.349 e. The number of benzene rings is 1. The quantitative estimate of drug-likeness (QED) is 0.856. The van der Waals surface area contributed by atoms with Gasteiger partial charge in [0.05, 0.1) is 11.8 Å². The maximum absolute atomic E-state index is 12.3. The molecule has 122 valence electrons. The van der Waals surface area contributed by atoms with Crippen molar-refractivity contribution < 1.29 is 4.79 Å². The Balaban J connectivity index is 1.59. The third kappa shape index (κ3) is 3.75. The van der Waals surface area contributed by atoms with Crippen LogP contribution in [0.2, 0.25) is 0 Å². The van der Waals surface area contributed by atoms with E-state index >= 15 is 0 Å². The van der Waals surface area contributed by atoms with E-state index in [1.807, 2.05) is 10.6 Å². The highest BCUT2D eigenvalue weighted by Gasteiger charge is 2.21. The molecule has 1 aliphatic carbocycles. The van der Waals surface area contributed by atoms with E-state index in [1.54, 1.807) is 6.33 Å². The first kappa shape index (κ1) is 16.1. The fourth-order valence-electron chi connectivity index (χ4n) is 2.96. The number of fused-ring (bicyclic) bond motifs is 1. The van der Waals surface area contributed by atoms with Crippen LogP contribution in [-0.2, 0) is 11.2 Å². The number of amides is 1. The van der Waals surface area contributed by atoms with Crippen LogP contribution in [0.1, 0.15) is 49.9 Å². The average Bonchev–Trinajstić information content (AvgIpc) is 3.02. The summed E-state index contributed by atoms with van der Waals surface area (Å²) in [6, 6.07) is 8.83. The van der Waals surface area contributed by atoms with Gasteiger partial charge >= 0.3 is 0 Å². The Morgan fingerprint density at radius 2 is 2.26 bits per heavy atom. The van der Waals surface area contributed by atoms with Crippen molar-refractivity contribution in [2.24, 2.45) is 0 Å². The van der Waals surface area contributed by atoms with Crippen molar-refractivity contribution >= 4 is 17.7 Å². The number of carbonyl (C=O) groups excluding carboxylic acids is 1. The summed E-state index contributed by atoms with van der Waals surface area (Å²) in [7, 11) is 0.